The summed E-state index contributed by atoms with van der Waals surface area (Å²) in [4.78, 5) is 10.9. The summed E-state index contributed by atoms with van der Waals surface area (Å²) in [6.07, 6.45) is 3.80. The van der Waals surface area contributed by atoms with Gasteiger partial charge in [-0.3, -0.25) is 0 Å². The Bertz CT molecular complexity index is 385. The Morgan fingerprint density at radius 1 is 1.35 bits per heavy atom. The Morgan fingerprint density at radius 2 is 2.12 bits per heavy atom. The highest BCUT2D eigenvalue weighted by molar-refractivity contribution is 5.90. The second kappa shape index (κ2) is 7.46. The van der Waals surface area contributed by atoms with Crippen LogP contribution in [0.2, 0.25) is 0 Å². The van der Waals surface area contributed by atoms with Crippen LogP contribution in [0.4, 0.5) is 0 Å². The quantitative estimate of drug-likeness (QED) is 0.583. The largest absolute Gasteiger partial charge is 0.490 e. The lowest BCUT2D eigenvalue weighted by atomic mass is 10.2. The van der Waals surface area contributed by atoms with Crippen LogP contribution < -0.4 is 4.74 Å². The van der Waals surface area contributed by atoms with E-state index in [0.29, 0.717) is 25.6 Å². The molecule has 92 valence electrons. The molecule has 17 heavy (non-hydrogen) atoms. The average molecular weight is 236 g/mol. The fourth-order valence-corrected chi connectivity index (χ4v) is 1.23. The summed E-state index contributed by atoms with van der Waals surface area (Å²) in [5.74, 6) is -0.620. The molecule has 0 radical (unpaired) electrons. The van der Waals surface area contributed by atoms with Gasteiger partial charge in [0, 0.05) is 0 Å². The van der Waals surface area contributed by atoms with Crippen LogP contribution in [0.15, 0.2) is 36.4 Å². The zero-order chi connectivity index (χ0) is 12.5. The Kier molecular flexibility index (Phi) is 5.82. The number of ether oxygens (including phenoxy) is 2. The van der Waals surface area contributed by atoms with Gasteiger partial charge in [0.05, 0.1) is 13.2 Å². The van der Waals surface area contributed by atoms with E-state index in [9.17, 15) is 4.79 Å². The normalized spacial score (nSPS) is 10.6. The van der Waals surface area contributed by atoms with Crippen LogP contribution in [0.25, 0.3) is 0 Å². The molecule has 0 amide bonds. The van der Waals surface area contributed by atoms with Crippen LogP contribution in [0, 0.1) is 0 Å². The number of carbonyl (C=O) groups is 1. The molecule has 0 bridgehead atoms. The zero-order valence-electron chi connectivity index (χ0n) is 9.76. The summed E-state index contributed by atoms with van der Waals surface area (Å²) in [6.45, 7) is 3.23. The molecule has 0 heterocycles. The van der Waals surface area contributed by atoms with E-state index >= 15 is 0 Å². The van der Waals surface area contributed by atoms with Gasteiger partial charge in [-0.15, -0.1) is 0 Å². The second-order valence-corrected chi connectivity index (χ2v) is 3.29. The number of para-hydroxylation sites is 1. The van der Waals surface area contributed by atoms with Crippen molar-refractivity contribution in [2.45, 2.75) is 6.92 Å². The van der Waals surface area contributed by atoms with Crippen molar-refractivity contribution in [3.8, 4) is 5.75 Å². The lowest BCUT2D eigenvalue weighted by molar-refractivity contribution is 0.0688. The molecule has 4 heteroatoms. The van der Waals surface area contributed by atoms with E-state index in [1.807, 2.05) is 19.1 Å². The smallest absolute Gasteiger partial charge is 0.339 e. The lowest BCUT2D eigenvalue weighted by Gasteiger charge is -2.08. The SMILES string of the molecule is C/C=C/COCCOc1ccccc1C(=O)O. The molecule has 0 atom stereocenters. The molecular weight excluding hydrogens is 220 g/mol. The van der Waals surface area contributed by atoms with Crippen LogP contribution >= 0.6 is 0 Å². The molecule has 4 nitrogen and oxygen atoms in total. The Labute approximate surface area is 100 Å². The molecule has 0 fully saturated rings. The van der Waals surface area contributed by atoms with Gasteiger partial charge in [-0.2, -0.15) is 0 Å². The monoisotopic (exact) mass is 236 g/mol. The predicted molar refractivity (Wildman–Crippen MR) is 64.5 cm³/mol. The Hall–Kier alpha value is -1.81. The van der Waals surface area contributed by atoms with Gasteiger partial charge in [-0.1, -0.05) is 24.3 Å². The first-order valence-electron chi connectivity index (χ1n) is 5.39. The minimum Gasteiger partial charge on any atom is -0.490 e. The molecule has 0 aromatic heterocycles. The van der Waals surface area contributed by atoms with Crippen molar-refractivity contribution >= 4 is 5.97 Å². The molecule has 1 aromatic carbocycles. The summed E-state index contributed by atoms with van der Waals surface area (Å²) >= 11 is 0. The number of hydrogen-bond donors (Lipinski definition) is 1. The molecule has 0 unspecified atom stereocenters. The summed E-state index contributed by atoms with van der Waals surface area (Å²) < 4.78 is 10.6. The fourth-order valence-electron chi connectivity index (χ4n) is 1.23. The molecule has 0 aliphatic rings. The van der Waals surface area contributed by atoms with Crippen molar-refractivity contribution in [2.24, 2.45) is 0 Å². The molecule has 0 spiro atoms. The third-order valence-corrected chi connectivity index (χ3v) is 2.05. The van der Waals surface area contributed by atoms with E-state index in [-0.39, 0.29) is 5.56 Å². The van der Waals surface area contributed by atoms with Gasteiger partial charge in [0.25, 0.3) is 0 Å². The molecule has 1 aromatic rings. The third kappa shape index (κ3) is 4.70. The maximum Gasteiger partial charge on any atom is 0.339 e. The van der Waals surface area contributed by atoms with Crippen LogP contribution in [0.1, 0.15) is 17.3 Å². The van der Waals surface area contributed by atoms with Crippen LogP contribution in [-0.2, 0) is 4.74 Å². The molecule has 1 N–H and O–H groups in total. The van der Waals surface area contributed by atoms with E-state index in [2.05, 4.69) is 0 Å². The number of hydrogen-bond acceptors (Lipinski definition) is 3. The zero-order valence-corrected chi connectivity index (χ0v) is 9.76. The van der Waals surface area contributed by atoms with E-state index in [1.54, 1.807) is 18.2 Å². The highest BCUT2D eigenvalue weighted by Crippen LogP contribution is 2.17. The highest BCUT2D eigenvalue weighted by Gasteiger charge is 2.09. The third-order valence-electron chi connectivity index (χ3n) is 2.05. The number of allylic oxidation sites excluding steroid dienone is 1. The van der Waals surface area contributed by atoms with Gasteiger partial charge in [-0.25, -0.2) is 4.79 Å². The summed E-state index contributed by atoms with van der Waals surface area (Å²) in [6, 6.07) is 6.55. The van der Waals surface area contributed by atoms with E-state index in [1.165, 1.54) is 6.07 Å². The van der Waals surface area contributed by atoms with Gasteiger partial charge in [0.2, 0.25) is 0 Å². The number of carboxylic acid groups (broad SMARTS) is 1. The van der Waals surface area contributed by atoms with Crippen LogP contribution in [0.3, 0.4) is 0 Å². The number of rotatable bonds is 7. The topological polar surface area (TPSA) is 55.8 Å². The van der Waals surface area contributed by atoms with E-state index in [0.717, 1.165) is 0 Å². The standard InChI is InChI=1S/C13H16O4/c1-2-3-8-16-9-10-17-12-7-5-4-6-11(12)13(14)15/h2-7H,8-10H2,1H3,(H,14,15)/b3-2+. The van der Waals surface area contributed by atoms with Gasteiger partial charge < -0.3 is 14.6 Å². The summed E-state index contributed by atoms with van der Waals surface area (Å²) in [5, 5.41) is 8.92. The number of benzene rings is 1. The van der Waals surface area contributed by atoms with Crippen LogP contribution in [-0.4, -0.2) is 30.9 Å². The molecule has 0 aliphatic heterocycles. The Morgan fingerprint density at radius 3 is 2.82 bits per heavy atom. The molecule has 0 saturated heterocycles. The van der Waals surface area contributed by atoms with E-state index in [4.69, 9.17) is 14.6 Å². The van der Waals surface area contributed by atoms with Gasteiger partial charge >= 0.3 is 5.97 Å². The number of aromatic carboxylic acids is 1. The average Bonchev–Trinajstić information content (AvgIpc) is 2.34. The van der Waals surface area contributed by atoms with Gasteiger partial charge in [0.15, 0.2) is 0 Å². The second-order valence-electron chi connectivity index (χ2n) is 3.29. The first-order valence-corrected chi connectivity index (χ1v) is 5.39. The van der Waals surface area contributed by atoms with E-state index < -0.39 is 5.97 Å². The van der Waals surface area contributed by atoms with Crippen molar-refractivity contribution in [1.82, 2.24) is 0 Å². The van der Waals surface area contributed by atoms with Gasteiger partial charge in [-0.05, 0) is 19.1 Å². The molecule has 1 rings (SSSR count). The first kappa shape index (κ1) is 13.3. The minimum atomic E-state index is -0.990. The minimum absolute atomic E-state index is 0.168. The lowest BCUT2D eigenvalue weighted by Crippen LogP contribution is -2.09. The fraction of sp³-hybridized carbons (Fsp3) is 0.308. The van der Waals surface area contributed by atoms with Crippen LogP contribution in [0.5, 0.6) is 5.75 Å². The van der Waals surface area contributed by atoms with Crippen molar-refractivity contribution < 1.29 is 19.4 Å². The maximum atomic E-state index is 10.9. The summed E-state index contributed by atoms with van der Waals surface area (Å²) in [5.41, 5.74) is 0.168. The van der Waals surface area contributed by atoms with Crippen molar-refractivity contribution in [2.75, 3.05) is 19.8 Å². The van der Waals surface area contributed by atoms with Crippen molar-refractivity contribution in [3.05, 3.63) is 42.0 Å². The highest BCUT2D eigenvalue weighted by atomic mass is 16.5. The predicted octanol–water partition coefficient (Wildman–Crippen LogP) is 2.36. The number of carboxylic acids is 1. The van der Waals surface area contributed by atoms with Crippen molar-refractivity contribution in [3.63, 3.8) is 0 Å². The van der Waals surface area contributed by atoms with Crippen molar-refractivity contribution in [1.29, 1.82) is 0 Å². The Balaban J connectivity index is 2.38. The maximum absolute atomic E-state index is 10.9. The molecular formula is C13H16O4. The molecule has 0 saturated carbocycles. The molecule has 0 aliphatic carbocycles. The van der Waals surface area contributed by atoms with Gasteiger partial charge in [0.1, 0.15) is 17.9 Å². The first-order chi connectivity index (χ1) is 8.25. The summed E-state index contributed by atoms with van der Waals surface area (Å²) in [7, 11) is 0.